The smallest absolute Gasteiger partial charge is 0.143 e. The molecule has 1 saturated carbocycles. The Kier molecular flexibility index (Phi) is 1.42. The molecule has 0 bridgehead atoms. The van der Waals surface area contributed by atoms with Gasteiger partial charge in [0.15, 0.2) is 0 Å². The van der Waals surface area contributed by atoms with Crippen LogP contribution in [-0.2, 0) is 7.05 Å². The van der Waals surface area contributed by atoms with E-state index in [1.54, 1.807) is 11.0 Å². The Labute approximate surface area is 65.4 Å². The molecule has 0 amide bonds. The molecule has 1 atom stereocenters. The second kappa shape index (κ2) is 2.30. The summed E-state index contributed by atoms with van der Waals surface area (Å²) in [4.78, 5) is 4.10. The summed E-state index contributed by atoms with van der Waals surface area (Å²) in [6.07, 6.45) is 4.04. The highest BCUT2D eigenvalue weighted by Gasteiger charge is 2.31. The first-order valence-electron chi connectivity index (χ1n) is 3.88. The van der Waals surface area contributed by atoms with E-state index in [0.717, 1.165) is 5.82 Å². The molecule has 4 heteroatoms. The van der Waals surface area contributed by atoms with Crippen molar-refractivity contribution in [3.63, 3.8) is 0 Å². The van der Waals surface area contributed by atoms with Crippen molar-refractivity contribution in [2.24, 2.45) is 18.7 Å². The SMILES string of the molecule is Cn1ncnc1[C@@H](N)C1CC1. The molecule has 11 heavy (non-hydrogen) atoms. The second-order valence-electron chi connectivity index (χ2n) is 3.11. The van der Waals surface area contributed by atoms with Crippen LogP contribution in [0.5, 0.6) is 0 Å². The van der Waals surface area contributed by atoms with Crippen molar-refractivity contribution in [2.75, 3.05) is 0 Å². The zero-order valence-corrected chi connectivity index (χ0v) is 6.57. The van der Waals surface area contributed by atoms with Gasteiger partial charge in [0.05, 0.1) is 6.04 Å². The van der Waals surface area contributed by atoms with Crippen LogP contribution in [0.3, 0.4) is 0 Å². The largest absolute Gasteiger partial charge is 0.321 e. The van der Waals surface area contributed by atoms with Crippen LogP contribution in [0.2, 0.25) is 0 Å². The molecule has 0 unspecified atom stereocenters. The highest BCUT2D eigenvalue weighted by Crippen LogP contribution is 2.38. The molecule has 0 aliphatic heterocycles. The highest BCUT2D eigenvalue weighted by atomic mass is 15.3. The predicted octanol–water partition coefficient (Wildman–Crippen LogP) is 0.225. The summed E-state index contributed by atoms with van der Waals surface area (Å²) in [5.74, 6) is 1.56. The number of nitrogens with zero attached hydrogens (tertiary/aromatic N) is 3. The minimum Gasteiger partial charge on any atom is -0.321 e. The van der Waals surface area contributed by atoms with E-state index >= 15 is 0 Å². The lowest BCUT2D eigenvalue weighted by Gasteiger charge is -2.07. The molecule has 1 aromatic heterocycles. The van der Waals surface area contributed by atoms with Crippen molar-refractivity contribution < 1.29 is 0 Å². The molecule has 1 fully saturated rings. The number of hydrogen-bond donors (Lipinski definition) is 1. The minimum absolute atomic E-state index is 0.0995. The fourth-order valence-corrected chi connectivity index (χ4v) is 1.27. The van der Waals surface area contributed by atoms with E-state index in [9.17, 15) is 0 Å². The molecule has 2 rings (SSSR count). The second-order valence-corrected chi connectivity index (χ2v) is 3.11. The van der Waals surface area contributed by atoms with Crippen LogP contribution in [0.1, 0.15) is 24.7 Å². The average molecular weight is 152 g/mol. The Bertz CT molecular complexity index is 251. The molecule has 1 aliphatic carbocycles. The predicted molar refractivity (Wildman–Crippen MR) is 40.7 cm³/mol. The van der Waals surface area contributed by atoms with Crippen molar-refractivity contribution in [1.29, 1.82) is 0 Å². The van der Waals surface area contributed by atoms with Gasteiger partial charge in [0, 0.05) is 7.05 Å². The summed E-state index contributed by atoms with van der Waals surface area (Å²) in [6, 6.07) is 0.0995. The van der Waals surface area contributed by atoms with Gasteiger partial charge in [0.2, 0.25) is 0 Å². The maximum Gasteiger partial charge on any atom is 0.143 e. The van der Waals surface area contributed by atoms with Gasteiger partial charge in [-0.3, -0.25) is 4.68 Å². The lowest BCUT2D eigenvalue weighted by Crippen LogP contribution is -2.17. The third kappa shape index (κ3) is 1.14. The van der Waals surface area contributed by atoms with Crippen LogP contribution < -0.4 is 5.73 Å². The number of aromatic nitrogens is 3. The van der Waals surface area contributed by atoms with E-state index in [1.165, 1.54) is 12.8 Å². The lowest BCUT2D eigenvalue weighted by atomic mass is 10.2. The topological polar surface area (TPSA) is 56.7 Å². The van der Waals surface area contributed by atoms with Crippen molar-refractivity contribution in [3.05, 3.63) is 12.2 Å². The van der Waals surface area contributed by atoms with E-state index in [-0.39, 0.29) is 6.04 Å². The monoisotopic (exact) mass is 152 g/mol. The maximum absolute atomic E-state index is 5.92. The van der Waals surface area contributed by atoms with E-state index in [0.29, 0.717) is 5.92 Å². The van der Waals surface area contributed by atoms with Crippen LogP contribution in [0.4, 0.5) is 0 Å². The van der Waals surface area contributed by atoms with Gasteiger partial charge in [-0.2, -0.15) is 5.10 Å². The zero-order chi connectivity index (χ0) is 7.84. The quantitative estimate of drug-likeness (QED) is 0.659. The highest BCUT2D eigenvalue weighted by molar-refractivity contribution is 4.99. The van der Waals surface area contributed by atoms with Crippen molar-refractivity contribution in [3.8, 4) is 0 Å². The third-order valence-electron chi connectivity index (χ3n) is 2.17. The molecule has 0 spiro atoms. The van der Waals surface area contributed by atoms with Gasteiger partial charge in [-0.25, -0.2) is 4.98 Å². The Morgan fingerprint density at radius 3 is 2.91 bits per heavy atom. The number of nitrogens with two attached hydrogens (primary N) is 1. The van der Waals surface area contributed by atoms with Gasteiger partial charge >= 0.3 is 0 Å². The van der Waals surface area contributed by atoms with Gasteiger partial charge in [-0.15, -0.1) is 0 Å². The molecule has 60 valence electrons. The number of hydrogen-bond acceptors (Lipinski definition) is 3. The third-order valence-corrected chi connectivity index (χ3v) is 2.17. The van der Waals surface area contributed by atoms with Crippen molar-refractivity contribution in [2.45, 2.75) is 18.9 Å². The number of aryl methyl sites for hydroxylation is 1. The summed E-state index contributed by atoms with van der Waals surface area (Å²) in [5.41, 5.74) is 5.92. The lowest BCUT2D eigenvalue weighted by molar-refractivity contribution is 0.551. The first-order chi connectivity index (χ1) is 5.29. The fraction of sp³-hybridized carbons (Fsp3) is 0.714. The Balaban J connectivity index is 2.20. The van der Waals surface area contributed by atoms with Crippen LogP contribution in [-0.4, -0.2) is 14.8 Å². The fourth-order valence-electron chi connectivity index (χ4n) is 1.27. The van der Waals surface area contributed by atoms with Crippen LogP contribution in [0, 0.1) is 5.92 Å². The standard InChI is InChI=1S/C7H12N4/c1-11-7(9-4-10-11)6(8)5-2-3-5/h4-6H,2-3,8H2,1H3/t6-/m0/s1. The summed E-state index contributed by atoms with van der Waals surface area (Å²) < 4.78 is 1.75. The van der Waals surface area contributed by atoms with Gasteiger partial charge in [-0.1, -0.05) is 0 Å². The summed E-state index contributed by atoms with van der Waals surface area (Å²) in [6.45, 7) is 0. The molecule has 0 saturated heterocycles. The van der Waals surface area contributed by atoms with E-state index in [1.807, 2.05) is 7.05 Å². The van der Waals surface area contributed by atoms with Crippen LogP contribution >= 0.6 is 0 Å². The molecule has 1 aliphatic rings. The van der Waals surface area contributed by atoms with Gasteiger partial charge < -0.3 is 5.73 Å². The molecular weight excluding hydrogens is 140 g/mol. The molecule has 2 N–H and O–H groups in total. The van der Waals surface area contributed by atoms with Crippen molar-refractivity contribution in [1.82, 2.24) is 14.8 Å². The minimum atomic E-state index is 0.0995. The van der Waals surface area contributed by atoms with E-state index < -0.39 is 0 Å². The van der Waals surface area contributed by atoms with Gasteiger partial charge in [0.1, 0.15) is 12.2 Å². The van der Waals surface area contributed by atoms with Gasteiger partial charge in [-0.05, 0) is 18.8 Å². The number of rotatable bonds is 2. The van der Waals surface area contributed by atoms with Crippen LogP contribution in [0.25, 0.3) is 0 Å². The molecule has 0 radical (unpaired) electrons. The van der Waals surface area contributed by atoms with Crippen LogP contribution in [0.15, 0.2) is 6.33 Å². The van der Waals surface area contributed by atoms with E-state index in [4.69, 9.17) is 5.73 Å². The normalized spacial score (nSPS) is 20.2. The summed E-state index contributed by atoms with van der Waals surface area (Å²) in [7, 11) is 1.88. The molecule has 1 heterocycles. The summed E-state index contributed by atoms with van der Waals surface area (Å²) in [5, 5.41) is 3.97. The molecule has 1 aromatic rings. The van der Waals surface area contributed by atoms with Crippen molar-refractivity contribution >= 4 is 0 Å². The van der Waals surface area contributed by atoms with Gasteiger partial charge in [0.25, 0.3) is 0 Å². The average Bonchev–Trinajstić information content (AvgIpc) is 2.74. The molecule has 4 nitrogen and oxygen atoms in total. The molecule has 0 aromatic carbocycles. The zero-order valence-electron chi connectivity index (χ0n) is 6.57. The Morgan fingerprint density at radius 2 is 2.45 bits per heavy atom. The van der Waals surface area contributed by atoms with E-state index in [2.05, 4.69) is 10.1 Å². The Morgan fingerprint density at radius 1 is 1.73 bits per heavy atom. The molecular formula is C7H12N4. The maximum atomic E-state index is 5.92. The first kappa shape index (κ1) is 6.79. The summed E-state index contributed by atoms with van der Waals surface area (Å²) >= 11 is 0. The first-order valence-corrected chi connectivity index (χ1v) is 3.88. The Hall–Kier alpha value is -0.900.